The van der Waals surface area contributed by atoms with E-state index in [1.54, 1.807) is 18.2 Å². The lowest BCUT2D eigenvalue weighted by atomic mass is 10.1. The second-order valence-corrected chi connectivity index (χ2v) is 4.92. The van der Waals surface area contributed by atoms with Crippen molar-refractivity contribution in [3.63, 3.8) is 0 Å². The molecule has 0 radical (unpaired) electrons. The van der Waals surface area contributed by atoms with Gasteiger partial charge in [0.1, 0.15) is 5.82 Å². The smallest absolute Gasteiger partial charge is 0.168 e. The Hall–Kier alpha value is -2.20. The predicted octanol–water partition coefficient (Wildman–Crippen LogP) is 3.61. The van der Waals surface area contributed by atoms with Gasteiger partial charge in [0.25, 0.3) is 0 Å². The molecular weight excluding hydrogens is 276 g/mol. The van der Waals surface area contributed by atoms with Crippen molar-refractivity contribution in [3.8, 4) is 22.9 Å². The maximum absolute atomic E-state index is 10.2. The second kappa shape index (κ2) is 4.72. The molecule has 0 saturated carbocycles. The molecule has 4 nitrogen and oxygen atoms in total. The van der Waals surface area contributed by atoms with E-state index in [1.165, 1.54) is 7.11 Å². The fourth-order valence-electron chi connectivity index (χ4n) is 2.27. The highest BCUT2D eigenvalue weighted by atomic mass is 35.5. The normalized spacial score (nSPS) is 10.9. The maximum atomic E-state index is 10.2. The lowest BCUT2D eigenvalue weighted by Crippen LogP contribution is -1.94. The first-order valence-electron chi connectivity index (χ1n) is 6.10. The van der Waals surface area contributed by atoms with Gasteiger partial charge < -0.3 is 14.4 Å². The van der Waals surface area contributed by atoms with Gasteiger partial charge in [-0.1, -0.05) is 17.7 Å². The van der Waals surface area contributed by atoms with E-state index in [2.05, 4.69) is 4.98 Å². The minimum absolute atomic E-state index is 0.0829. The molecule has 0 atom stereocenters. The summed E-state index contributed by atoms with van der Waals surface area (Å²) in [6, 6.07) is 10.8. The number of aryl methyl sites for hydroxylation is 1. The Morgan fingerprint density at radius 3 is 2.80 bits per heavy atom. The lowest BCUT2D eigenvalue weighted by molar-refractivity contribution is 0.374. The quantitative estimate of drug-likeness (QED) is 0.783. The van der Waals surface area contributed by atoms with Crippen molar-refractivity contribution in [2.24, 2.45) is 7.05 Å². The van der Waals surface area contributed by atoms with Crippen molar-refractivity contribution in [3.05, 3.63) is 41.4 Å². The van der Waals surface area contributed by atoms with Crippen molar-refractivity contribution >= 4 is 22.6 Å². The molecule has 0 fully saturated rings. The van der Waals surface area contributed by atoms with Crippen LogP contribution >= 0.6 is 11.6 Å². The van der Waals surface area contributed by atoms with Gasteiger partial charge >= 0.3 is 0 Å². The van der Waals surface area contributed by atoms with E-state index in [0.29, 0.717) is 22.2 Å². The van der Waals surface area contributed by atoms with Gasteiger partial charge in [-0.15, -0.1) is 0 Å². The summed E-state index contributed by atoms with van der Waals surface area (Å²) in [6.07, 6.45) is 0. The lowest BCUT2D eigenvalue weighted by Gasteiger charge is -2.08. The number of hydrogen-bond acceptors (Lipinski definition) is 3. The number of fused-ring (bicyclic) bond motifs is 1. The first-order chi connectivity index (χ1) is 9.61. The molecule has 20 heavy (non-hydrogen) atoms. The van der Waals surface area contributed by atoms with Crippen LogP contribution < -0.4 is 4.74 Å². The number of benzene rings is 2. The van der Waals surface area contributed by atoms with E-state index in [1.807, 2.05) is 29.8 Å². The number of methoxy groups -OCH3 is 1. The summed E-state index contributed by atoms with van der Waals surface area (Å²) >= 11 is 6.01. The SMILES string of the molecule is COc1cccc(-c2nc3ccc(Cl)cc3n2C)c1O. The number of imidazole rings is 1. The van der Waals surface area contributed by atoms with Gasteiger partial charge in [-0.2, -0.15) is 0 Å². The molecular formula is C15H13ClN2O2. The number of nitrogens with zero attached hydrogens (tertiary/aromatic N) is 2. The Bertz CT molecular complexity index is 796. The number of rotatable bonds is 2. The number of phenols is 1. The van der Waals surface area contributed by atoms with Gasteiger partial charge in [-0.25, -0.2) is 4.98 Å². The first kappa shape index (κ1) is 12.8. The first-order valence-corrected chi connectivity index (χ1v) is 6.48. The van der Waals surface area contributed by atoms with Gasteiger partial charge in [-0.3, -0.25) is 0 Å². The van der Waals surface area contributed by atoms with E-state index in [9.17, 15) is 5.11 Å². The molecule has 1 heterocycles. The molecule has 102 valence electrons. The summed E-state index contributed by atoms with van der Waals surface area (Å²) in [5.74, 6) is 1.17. The topological polar surface area (TPSA) is 47.3 Å². The van der Waals surface area contributed by atoms with E-state index in [4.69, 9.17) is 16.3 Å². The Morgan fingerprint density at radius 1 is 1.25 bits per heavy atom. The zero-order chi connectivity index (χ0) is 14.3. The minimum atomic E-state index is 0.0829. The van der Waals surface area contributed by atoms with Gasteiger partial charge in [0.05, 0.1) is 23.7 Å². The number of hydrogen-bond donors (Lipinski definition) is 1. The summed E-state index contributed by atoms with van der Waals surface area (Å²) < 4.78 is 7.03. The summed E-state index contributed by atoms with van der Waals surface area (Å²) in [5, 5.41) is 10.9. The van der Waals surface area contributed by atoms with Crippen LogP contribution in [0.5, 0.6) is 11.5 Å². The Kier molecular flexibility index (Phi) is 3.03. The monoisotopic (exact) mass is 288 g/mol. The third-order valence-electron chi connectivity index (χ3n) is 3.30. The Morgan fingerprint density at radius 2 is 2.05 bits per heavy atom. The highest BCUT2D eigenvalue weighted by molar-refractivity contribution is 6.31. The highest BCUT2D eigenvalue weighted by Gasteiger charge is 2.16. The van der Waals surface area contributed by atoms with Gasteiger partial charge in [0, 0.05) is 12.1 Å². The van der Waals surface area contributed by atoms with Crippen molar-refractivity contribution in [1.29, 1.82) is 0 Å². The maximum Gasteiger partial charge on any atom is 0.168 e. The Labute approximate surface area is 121 Å². The zero-order valence-electron chi connectivity index (χ0n) is 11.1. The third-order valence-corrected chi connectivity index (χ3v) is 3.54. The predicted molar refractivity (Wildman–Crippen MR) is 79.4 cm³/mol. The molecule has 0 spiro atoms. The van der Waals surface area contributed by atoms with E-state index < -0.39 is 0 Å². The number of aromatic hydroxyl groups is 1. The molecule has 1 aromatic heterocycles. The van der Waals surface area contributed by atoms with E-state index in [0.717, 1.165) is 11.0 Å². The van der Waals surface area contributed by atoms with E-state index >= 15 is 0 Å². The van der Waals surface area contributed by atoms with Crippen LogP contribution in [-0.4, -0.2) is 21.8 Å². The van der Waals surface area contributed by atoms with Crippen LogP contribution in [0.2, 0.25) is 5.02 Å². The van der Waals surface area contributed by atoms with Gasteiger partial charge in [0.2, 0.25) is 0 Å². The van der Waals surface area contributed by atoms with E-state index in [-0.39, 0.29) is 5.75 Å². The van der Waals surface area contributed by atoms with Crippen LogP contribution in [0, 0.1) is 0 Å². The third kappa shape index (κ3) is 1.89. The summed E-state index contributed by atoms with van der Waals surface area (Å²) in [4.78, 5) is 4.55. The van der Waals surface area contributed by atoms with Crippen molar-refractivity contribution in [2.45, 2.75) is 0 Å². The van der Waals surface area contributed by atoms with Crippen LogP contribution in [0.15, 0.2) is 36.4 Å². The molecule has 5 heteroatoms. The molecule has 0 aliphatic rings. The fourth-order valence-corrected chi connectivity index (χ4v) is 2.44. The number of halogens is 1. The number of para-hydroxylation sites is 1. The zero-order valence-corrected chi connectivity index (χ0v) is 11.8. The molecule has 3 aromatic rings. The van der Waals surface area contributed by atoms with Crippen molar-refractivity contribution in [2.75, 3.05) is 7.11 Å². The van der Waals surface area contributed by atoms with Crippen molar-refractivity contribution in [1.82, 2.24) is 9.55 Å². The molecule has 0 aliphatic heterocycles. The molecule has 2 aromatic carbocycles. The number of phenolic OH excluding ortho intramolecular Hbond substituents is 1. The van der Waals surface area contributed by atoms with Crippen molar-refractivity contribution < 1.29 is 9.84 Å². The molecule has 3 rings (SSSR count). The molecule has 1 N–H and O–H groups in total. The fraction of sp³-hybridized carbons (Fsp3) is 0.133. The second-order valence-electron chi connectivity index (χ2n) is 4.48. The van der Waals surface area contributed by atoms with Crippen LogP contribution in [0.3, 0.4) is 0 Å². The molecule has 0 amide bonds. The van der Waals surface area contributed by atoms with Crippen LogP contribution in [0.4, 0.5) is 0 Å². The largest absolute Gasteiger partial charge is 0.504 e. The van der Waals surface area contributed by atoms with Gasteiger partial charge in [0.15, 0.2) is 11.5 Å². The van der Waals surface area contributed by atoms with Gasteiger partial charge in [-0.05, 0) is 30.3 Å². The highest BCUT2D eigenvalue weighted by Crippen LogP contribution is 2.37. The Balaban J connectivity index is 2.27. The minimum Gasteiger partial charge on any atom is -0.504 e. The molecule has 0 aliphatic carbocycles. The van der Waals surface area contributed by atoms with Crippen LogP contribution in [-0.2, 0) is 7.05 Å². The molecule has 0 bridgehead atoms. The average molecular weight is 289 g/mol. The van der Waals surface area contributed by atoms with Crippen LogP contribution in [0.25, 0.3) is 22.4 Å². The standard InChI is InChI=1S/C15H13ClN2O2/c1-18-12-8-9(16)6-7-11(12)17-15(18)10-4-3-5-13(20-2)14(10)19/h3-8,19H,1-2H3. The average Bonchev–Trinajstić information content (AvgIpc) is 2.76. The molecule has 0 saturated heterocycles. The molecule has 0 unspecified atom stereocenters. The summed E-state index contributed by atoms with van der Waals surface area (Å²) in [7, 11) is 3.41. The summed E-state index contributed by atoms with van der Waals surface area (Å²) in [5.41, 5.74) is 2.36. The van der Waals surface area contributed by atoms with Crippen LogP contribution in [0.1, 0.15) is 0 Å². The number of ether oxygens (including phenoxy) is 1. The number of aromatic nitrogens is 2. The summed E-state index contributed by atoms with van der Waals surface area (Å²) in [6.45, 7) is 0.